The standard InChI is InChI=1S/C7H11BS/c1-6-4-5-7(9-6)8(2)3/h4-5H,1-3H3. The third-order valence-corrected chi connectivity index (χ3v) is 2.63. The number of hydrogen-bond acceptors (Lipinski definition) is 1. The molecule has 0 unspecified atom stereocenters. The normalized spacial score (nSPS) is 9.67. The molecule has 0 nitrogen and oxygen atoms in total. The van der Waals surface area contributed by atoms with E-state index < -0.39 is 0 Å². The SMILES string of the molecule is CB(C)c1ccc(C)s1. The van der Waals surface area contributed by atoms with Gasteiger partial charge in [-0.25, -0.2) is 0 Å². The molecular weight excluding hydrogens is 127 g/mol. The molecule has 0 aromatic carbocycles. The Kier molecular flexibility index (Phi) is 1.96. The summed E-state index contributed by atoms with van der Waals surface area (Å²) in [6.45, 7) is 7.30. The van der Waals surface area contributed by atoms with Gasteiger partial charge in [-0.3, -0.25) is 0 Å². The third-order valence-electron chi connectivity index (χ3n) is 1.33. The van der Waals surface area contributed by atoms with Crippen LogP contribution in [0.3, 0.4) is 0 Å². The van der Waals surface area contributed by atoms with Gasteiger partial charge in [-0.1, -0.05) is 19.7 Å². The largest absolute Gasteiger partial charge is 0.182 e. The Morgan fingerprint density at radius 1 is 1.33 bits per heavy atom. The second-order valence-corrected chi connectivity index (χ2v) is 3.92. The van der Waals surface area contributed by atoms with Gasteiger partial charge in [0.25, 0.3) is 0 Å². The van der Waals surface area contributed by atoms with Crippen LogP contribution >= 0.6 is 11.3 Å². The maximum absolute atomic E-state index is 2.23. The lowest BCUT2D eigenvalue weighted by atomic mass is 9.54. The summed E-state index contributed by atoms with van der Waals surface area (Å²) in [7, 11) is 0. The highest BCUT2D eigenvalue weighted by molar-refractivity contribution is 7.23. The fraction of sp³-hybridized carbons (Fsp3) is 0.429. The van der Waals surface area contributed by atoms with Crippen molar-refractivity contribution in [1.29, 1.82) is 0 Å². The van der Waals surface area contributed by atoms with Crippen LogP contribution in [0.1, 0.15) is 4.88 Å². The van der Waals surface area contributed by atoms with Crippen molar-refractivity contribution in [1.82, 2.24) is 0 Å². The molecule has 0 spiro atoms. The van der Waals surface area contributed by atoms with Crippen molar-refractivity contribution < 1.29 is 0 Å². The van der Waals surface area contributed by atoms with Crippen LogP contribution in [0.5, 0.6) is 0 Å². The van der Waals surface area contributed by atoms with Crippen LogP contribution in [0.25, 0.3) is 0 Å². The first-order chi connectivity index (χ1) is 4.20. The quantitative estimate of drug-likeness (QED) is 0.520. The van der Waals surface area contributed by atoms with Crippen LogP contribution in [0.15, 0.2) is 12.1 Å². The highest BCUT2D eigenvalue weighted by Gasteiger charge is 2.03. The molecular formula is C7H11BS. The predicted octanol–water partition coefficient (Wildman–Crippen LogP) is 2.02. The van der Waals surface area contributed by atoms with Crippen molar-refractivity contribution in [2.75, 3.05) is 0 Å². The van der Waals surface area contributed by atoms with Gasteiger partial charge in [-0.2, -0.15) is 11.3 Å². The summed E-state index contributed by atoms with van der Waals surface area (Å²) in [6, 6.07) is 4.39. The second kappa shape index (κ2) is 2.57. The molecule has 0 amide bonds. The van der Waals surface area contributed by atoms with Gasteiger partial charge < -0.3 is 0 Å². The summed E-state index contributed by atoms with van der Waals surface area (Å²) in [5.74, 6) is 0. The van der Waals surface area contributed by atoms with Crippen molar-refractivity contribution in [3.63, 3.8) is 0 Å². The van der Waals surface area contributed by atoms with E-state index in [9.17, 15) is 0 Å². The Morgan fingerprint density at radius 2 is 2.00 bits per heavy atom. The van der Waals surface area contributed by atoms with E-state index in [1.165, 1.54) is 9.65 Å². The van der Waals surface area contributed by atoms with E-state index in [-0.39, 0.29) is 0 Å². The number of rotatable bonds is 1. The lowest BCUT2D eigenvalue weighted by Crippen LogP contribution is -2.17. The minimum absolute atomic E-state index is 0.698. The maximum atomic E-state index is 2.23. The van der Waals surface area contributed by atoms with E-state index in [2.05, 4.69) is 32.7 Å². The number of aryl methyl sites for hydroxylation is 1. The molecule has 0 N–H and O–H groups in total. The van der Waals surface area contributed by atoms with Crippen LogP contribution in [-0.2, 0) is 0 Å². The molecule has 48 valence electrons. The molecule has 1 aromatic heterocycles. The van der Waals surface area contributed by atoms with Crippen LogP contribution in [0, 0.1) is 6.92 Å². The molecule has 9 heavy (non-hydrogen) atoms. The summed E-state index contributed by atoms with van der Waals surface area (Å²) in [4.78, 5) is 1.42. The number of hydrogen-bond donors (Lipinski definition) is 0. The third kappa shape index (κ3) is 1.58. The van der Waals surface area contributed by atoms with E-state index in [1.807, 2.05) is 11.3 Å². The molecule has 0 radical (unpaired) electrons. The van der Waals surface area contributed by atoms with Crippen LogP contribution < -0.4 is 4.78 Å². The monoisotopic (exact) mass is 138 g/mol. The Morgan fingerprint density at radius 3 is 2.22 bits per heavy atom. The van der Waals surface area contributed by atoms with Gasteiger partial charge >= 0.3 is 0 Å². The minimum Gasteiger partial charge on any atom is -0.156 e. The zero-order valence-corrected chi connectivity index (χ0v) is 6.96. The fourth-order valence-corrected chi connectivity index (χ4v) is 1.64. The van der Waals surface area contributed by atoms with Crippen molar-refractivity contribution >= 4 is 22.8 Å². The van der Waals surface area contributed by atoms with E-state index in [1.54, 1.807) is 0 Å². The van der Waals surface area contributed by atoms with E-state index in [0.29, 0.717) is 6.71 Å². The Balaban J connectivity index is 2.85. The molecule has 0 aliphatic carbocycles. The Hall–Kier alpha value is -0.235. The first-order valence-electron chi connectivity index (χ1n) is 3.26. The van der Waals surface area contributed by atoms with Gasteiger partial charge in [0.1, 0.15) is 0 Å². The molecule has 1 heterocycles. The average molecular weight is 138 g/mol. The predicted molar refractivity (Wildman–Crippen MR) is 46.2 cm³/mol. The molecule has 0 bridgehead atoms. The fourth-order valence-electron chi connectivity index (χ4n) is 0.764. The molecule has 0 aliphatic rings. The van der Waals surface area contributed by atoms with Gasteiger partial charge in [0.05, 0.1) is 0 Å². The van der Waals surface area contributed by atoms with Gasteiger partial charge in [-0.05, 0) is 17.8 Å². The summed E-state index contributed by atoms with van der Waals surface area (Å²) < 4.78 is 1.49. The van der Waals surface area contributed by atoms with Gasteiger partial charge in [-0.15, -0.1) is 0 Å². The molecule has 0 aliphatic heterocycles. The zero-order chi connectivity index (χ0) is 6.85. The molecule has 0 atom stereocenters. The first kappa shape index (κ1) is 6.88. The van der Waals surface area contributed by atoms with E-state index >= 15 is 0 Å². The zero-order valence-electron chi connectivity index (χ0n) is 6.14. The minimum atomic E-state index is 0.698. The highest BCUT2D eigenvalue weighted by atomic mass is 32.1. The highest BCUT2D eigenvalue weighted by Crippen LogP contribution is 2.04. The molecule has 1 aromatic rings. The molecule has 0 saturated heterocycles. The van der Waals surface area contributed by atoms with E-state index in [4.69, 9.17) is 0 Å². The molecule has 0 fully saturated rings. The van der Waals surface area contributed by atoms with Gasteiger partial charge in [0, 0.05) is 4.88 Å². The van der Waals surface area contributed by atoms with Crippen LogP contribution in [0.4, 0.5) is 0 Å². The van der Waals surface area contributed by atoms with Gasteiger partial charge in [0.15, 0.2) is 6.71 Å². The summed E-state index contributed by atoms with van der Waals surface area (Å²) >= 11 is 1.90. The molecule has 1 rings (SSSR count). The molecule has 2 heteroatoms. The summed E-state index contributed by atoms with van der Waals surface area (Å²) in [6.07, 6.45) is 0. The van der Waals surface area contributed by atoms with Crippen molar-refractivity contribution in [3.8, 4) is 0 Å². The molecule has 0 saturated carbocycles. The summed E-state index contributed by atoms with van der Waals surface area (Å²) in [5.41, 5.74) is 0. The topological polar surface area (TPSA) is 0 Å². The average Bonchev–Trinajstić information content (AvgIpc) is 2.14. The van der Waals surface area contributed by atoms with Crippen LogP contribution in [-0.4, -0.2) is 6.71 Å². The lowest BCUT2D eigenvalue weighted by molar-refractivity contribution is 1.64. The number of thiophene rings is 1. The van der Waals surface area contributed by atoms with Crippen molar-refractivity contribution in [3.05, 3.63) is 17.0 Å². The second-order valence-electron chi connectivity index (χ2n) is 2.60. The van der Waals surface area contributed by atoms with Crippen LogP contribution in [0.2, 0.25) is 13.6 Å². The maximum Gasteiger partial charge on any atom is 0.182 e. The lowest BCUT2D eigenvalue weighted by Gasteiger charge is -1.91. The Bertz CT molecular complexity index is 191. The van der Waals surface area contributed by atoms with Crippen molar-refractivity contribution in [2.45, 2.75) is 20.6 Å². The first-order valence-corrected chi connectivity index (χ1v) is 4.08. The van der Waals surface area contributed by atoms with E-state index in [0.717, 1.165) is 0 Å². The Labute approximate surface area is 61.0 Å². The smallest absolute Gasteiger partial charge is 0.156 e. The summed E-state index contributed by atoms with van der Waals surface area (Å²) in [5, 5.41) is 0. The van der Waals surface area contributed by atoms with Gasteiger partial charge in [0.2, 0.25) is 0 Å². The van der Waals surface area contributed by atoms with Crippen molar-refractivity contribution in [2.24, 2.45) is 0 Å².